The minimum Gasteiger partial charge on any atom is -0.453 e. The van der Waals surface area contributed by atoms with Crippen molar-refractivity contribution in [3.63, 3.8) is 0 Å². The van der Waals surface area contributed by atoms with Gasteiger partial charge in [-0.1, -0.05) is 6.07 Å². The lowest BCUT2D eigenvalue weighted by Gasteiger charge is -2.07. The van der Waals surface area contributed by atoms with Gasteiger partial charge in [-0.15, -0.1) is 0 Å². The number of aromatic nitrogens is 1. The summed E-state index contributed by atoms with van der Waals surface area (Å²) in [4.78, 5) is 15.9. The molecule has 0 atom stereocenters. The number of aliphatic hydroxyl groups excluding tert-OH is 1. The topological polar surface area (TPSA) is 89.3 Å². The molecule has 0 radical (unpaired) electrons. The number of hydrogen-bond acceptors (Lipinski definition) is 5. The molecule has 5 heteroatoms. The van der Waals surface area contributed by atoms with E-state index in [1.54, 1.807) is 6.07 Å². The molecule has 2 aliphatic rings. The zero-order chi connectivity index (χ0) is 13.4. The van der Waals surface area contributed by atoms with Crippen molar-refractivity contribution in [3.8, 4) is 11.5 Å². The summed E-state index contributed by atoms with van der Waals surface area (Å²) in [5, 5.41) is 8.94. The summed E-state index contributed by atoms with van der Waals surface area (Å²) in [7, 11) is 0. The minimum atomic E-state index is -0.269. The van der Waals surface area contributed by atoms with Crippen LogP contribution in [0.2, 0.25) is 0 Å². The largest absolute Gasteiger partial charge is 0.453 e. The van der Waals surface area contributed by atoms with Crippen molar-refractivity contribution in [3.05, 3.63) is 46.1 Å². The van der Waals surface area contributed by atoms with Gasteiger partial charge in [0.1, 0.15) is 11.2 Å². The third-order valence-corrected chi connectivity index (χ3v) is 2.98. The Labute approximate surface area is 108 Å². The highest BCUT2D eigenvalue weighted by Crippen LogP contribution is 2.25. The van der Waals surface area contributed by atoms with E-state index in [4.69, 9.17) is 15.3 Å². The van der Waals surface area contributed by atoms with Crippen molar-refractivity contribution in [2.45, 2.75) is 6.42 Å². The molecule has 1 aliphatic heterocycles. The molecule has 0 saturated carbocycles. The number of nitrogens with zero attached hydrogens (tertiary/aromatic N) is 1. The predicted octanol–water partition coefficient (Wildman–Crippen LogP) is 1.41. The predicted molar refractivity (Wildman–Crippen MR) is 72.1 cm³/mol. The van der Waals surface area contributed by atoms with Crippen molar-refractivity contribution >= 4 is 16.8 Å². The molecule has 1 heterocycles. The quantitative estimate of drug-likeness (QED) is 0.534. The van der Waals surface area contributed by atoms with Gasteiger partial charge in [-0.2, -0.15) is 0 Å². The van der Waals surface area contributed by atoms with E-state index in [1.165, 1.54) is 12.1 Å². The van der Waals surface area contributed by atoms with Gasteiger partial charge in [-0.25, -0.2) is 4.98 Å². The number of hydrogen-bond donors (Lipinski definition) is 2. The number of rotatable bonds is 2. The molecular formula is C14H12N2O3. The van der Waals surface area contributed by atoms with Crippen LogP contribution in [0.3, 0.4) is 0 Å². The van der Waals surface area contributed by atoms with Crippen LogP contribution in [0.4, 0.5) is 5.69 Å². The lowest BCUT2D eigenvalue weighted by Crippen LogP contribution is -2.08. The highest BCUT2D eigenvalue weighted by Gasteiger charge is 2.11. The first-order chi connectivity index (χ1) is 9.17. The molecule has 3 rings (SSSR count). The molecule has 1 aliphatic carbocycles. The first-order valence-electron chi connectivity index (χ1n) is 5.91. The summed E-state index contributed by atoms with van der Waals surface area (Å²) in [6.45, 7) is 0.0860. The van der Waals surface area contributed by atoms with Crippen LogP contribution in [-0.2, 0) is 6.42 Å². The number of nitrogen functional groups attached to an aromatic ring is 1. The molecule has 19 heavy (non-hydrogen) atoms. The summed E-state index contributed by atoms with van der Waals surface area (Å²) in [6, 6.07) is 8.37. The second-order valence-electron chi connectivity index (χ2n) is 4.35. The second-order valence-corrected chi connectivity index (χ2v) is 4.35. The summed E-state index contributed by atoms with van der Waals surface area (Å²) in [5.74, 6) is 0.418. The third-order valence-electron chi connectivity index (χ3n) is 2.98. The van der Waals surface area contributed by atoms with Crippen LogP contribution in [0.5, 0.6) is 0 Å². The zero-order valence-corrected chi connectivity index (χ0v) is 10.1. The maximum absolute atomic E-state index is 11.5. The normalized spacial score (nSPS) is 11.2. The molecule has 5 nitrogen and oxygen atoms in total. The fourth-order valence-corrected chi connectivity index (χ4v) is 2.00. The average Bonchev–Trinajstić information content (AvgIpc) is 2.38. The van der Waals surface area contributed by atoms with Gasteiger partial charge >= 0.3 is 0 Å². The van der Waals surface area contributed by atoms with Crippen molar-refractivity contribution in [2.24, 2.45) is 0 Å². The molecule has 1 aromatic carbocycles. The lowest BCUT2D eigenvalue weighted by molar-refractivity contribution is 0.299. The Hall–Kier alpha value is -2.40. The molecule has 0 aromatic heterocycles. The standard InChI is InChI=1S/C14H12N2O3/c15-9-6-11-14(7-12(9)18)19-13-2-1-8(3-4-17)5-10(13)16-11/h1-2,5-7,17H,3-4,15H2. The van der Waals surface area contributed by atoms with Gasteiger partial charge in [0.25, 0.3) is 0 Å². The second kappa shape index (κ2) is 4.37. The number of fused-ring (bicyclic) bond motifs is 2. The summed E-state index contributed by atoms with van der Waals surface area (Å²) in [5.41, 5.74) is 8.26. The monoisotopic (exact) mass is 256 g/mol. The van der Waals surface area contributed by atoms with E-state index >= 15 is 0 Å². The van der Waals surface area contributed by atoms with Crippen LogP contribution in [0.25, 0.3) is 22.6 Å². The van der Waals surface area contributed by atoms with Crippen molar-refractivity contribution in [1.82, 2.24) is 4.98 Å². The Bertz CT molecular complexity index is 779. The van der Waals surface area contributed by atoms with Crippen LogP contribution in [0.1, 0.15) is 5.56 Å². The van der Waals surface area contributed by atoms with Gasteiger partial charge in [0.2, 0.25) is 5.43 Å². The lowest BCUT2D eigenvalue weighted by atomic mass is 10.1. The van der Waals surface area contributed by atoms with E-state index in [-0.39, 0.29) is 17.7 Å². The van der Waals surface area contributed by atoms with Crippen molar-refractivity contribution < 1.29 is 9.52 Å². The first kappa shape index (κ1) is 11.7. The molecule has 0 unspecified atom stereocenters. The van der Waals surface area contributed by atoms with E-state index in [1.807, 2.05) is 12.1 Å². The van der Waals surface area contributed by atoms with Crippen LogP contribution in [-0.4, -0.2) is 16.7 Å². The van der Waals surface area contributed by atoms with E-state index < -0.39 is 0 Å². The van der Waals surface area contributed by atoms with E-state index in [0.717, 1.165) is 5.56 Å². The smallest absolute Gasteiger partial charge is 0.205 e. The molecule has 96 valence electrons. The maximum atomic E-state index is 11.5. The van der Waals surface area contributed by atoms with Crippen molar-refractivity contribution in [1.29, 1.82) is 0 Å². The van der Waals surface area contributed by atoms with Crippen LogP contribution < -0.4 is 11.2 Å². The first-order valence-corrected chi connectivity index (χ1v) is 5.91. The van der Waals surface area contributed by atoms with Gasteiger partial charge in [0.15, 0.2) is 11.3 Å². The SMILES string of the molecule is Nc1cc2nc3cc(CCO)ccc3oc-2cc1=O. The summed E-state index contributed by atoms with van der Waals surface area (Å²) < 4.78 is 5.63. The van der Waals surface area contributed by atoms with Crippen LogP contribution in [0.15, 0.2) is 39.5 Å². The van der Waals surface area contributed by atoms with E-state index in [2.05, 4.69) is 4.98 Å². The number of anilines is 1. The van der Waals surface area contributed by atoms with Crippen LogP contribution in [0, 0.1) is 0 Å². The maximum Gasteiger partial charge on any atom is 0.205 e. The molecular weight excluding hydrogens is 244 g/mol. The number of benzene rings is 2. The molecule has 0 fully saturated rings. The number of aliphatic hydroxyl groups is 1. The van der Waals surface area contributed by atoms with Gasteiger partial charge in [0.05, 0.1) is 5.69 Å². The summed E-state index contributed by atoms with van der Waals surface area (Å²) >= 11 is 0. The highest BCUT2D eigenvalue weighted by molar-refractivity contribution is 5.77. The Balaban J connectivity index is 2.27. The van der Waals surface area contributed by atoms with Gasteiger partial charge in [-0.05, 0) is 30.2 Å². The van der Waals surface area contributed by atoms with E-state index in [0.29, 0.717) is 29.0 Å². The molecule has 0 spiro atoms. The third kappa shape index (κ3) is 2.04. The Kier molecular flexibility index (Phi) is 2.68. The van der Waals surface area contributed by atoms with Gasteiger partial charge in [-0.3, -0.25) is 4.79 Å². The van der Waals surface area contributed by atoms with Gasteiger partial charge < -0.3 is 15.3 Å². The zero-order valence-electron chi connectivity index (χ0n) is 10.1. The van der Waals surface area contributed by atoms with Crippen molar-refractivity contribution in [2.75, 3.05) is 12.3 Å². The highest BCUT2D eigenvalue weighted by atomic mass is 16.3. The molecule has 3 N–H and O–H groups in total. The fourth-order valence-electron chi connectivity index (χ4n) is 2.00. The Morgan fingerprint density at radius 2 is 2.11 bits per heavy atom. The summed E-state index contributed by atoms with van der Waals surface area (Å²) in [6.07, 6.45) is 0.567. The molecule has 0 bridgehead atoms. The minimum absolute atomic E-state index is 0.0860. The van der Waals surface area contributed by atoms with Crippen LogP contribution >= 0.6 is 0 Å². The van der Waals surface area contributed by atoms with Gasteiger partial charge in [0, 0.05) is 12.7 Å². The molecule has 0 amide bonds. The number of nitrogens with two attached hydrogens (primary N) is 1. The Morgan fingerprint density at radius 3 is 2.89 bits per heavy atom. The molecule has 1 aromatic rings. The fraction of sp³-hybridized carbons (Fsp3) is 0.143. The Morgan fingerprint density at radius 1 is 1.26 bits per heavy atom. The molecule has 0 saturated heterocycles. The van der Waals surface area contributed by atoms with E-state index in [9.17, 15) is 4.79 Å². The average molecular weight is 256 g/mol.